The van der Waals surface area contributed by atoms with E-state index < -0.39 is 119 Å². The summed E-state index contributed by atoms with van der Waals surface area (Å²) in [4.78, 5) is 103. The summed E-state index contributed by atoms with van der Waals surface area (Å²) in [6, 6.07) is 0.0457. The summed E-state index contributed by atoms with van der Waals surface area (Å²) >= 11 is 0. The van der Waals surface area contributed by atoms with Crippen molar-refractivity contribution in [2.45, 2.75) is 90.8 Å². The molecule has 6 amide bonds. The first-order valence-electron chi connectivity index (χ1n) is 19.5. The first-order valence-corrected chi connectivity index (χ1v) is 19.5. The number of carbonyl (C=O) groups excluding carboxylic acids is 8. The van der Waals surface area contributed by atoms with E-state index in [1.165, 1.54) is 26.0 Å². The van der Waals surface area contributed by atoms with Crippen molar-refractivity contribution in [1.29, 1.82) is 0 Å². The summed E-state index contributed by atoms with van der Waals surface area (Å²) in [5, 5.41) is 60.8. The molecule has 0 saturated carbocycles. The standard InChI is InChI=1S/C40H56N8O14/c1-19(45-35(57)23(17-49)47-37(59)61-39(3,4)5)33(55)43-15-13-41-21-9-10-22(28-27(21)31(53)29-25(51)11-12-26(52)30(29)32(28)54)42-14-16-44-34(56)20(2)46-36(58)24(18-50)48-38(60)62-40(6,7)8/h9-12,19-20,23-24,41-42,49-52H,13-18H2,1-8H3,(H,43,55)(H,44,56)(H,45,57)(H,46,58)(H,47,59)(H,48,60)/t19-,20-,23-,24-/m0/s1. The average Bonchev–Trinajstić information content (AvgIpc) is 3.17. The lowest BCUT2D eigenvalue weighted by Gasteiger charge is -2.25. The van der Waals surface area contributed by atoms with Crippen molar-refractivity contribution in [3.8, 4) is 11.5 Å². The third-order valence-electron chi connectivity index (χ3n) is 8.64. The smallest absolute Gasteiger partial charge is 0.408 e. The van der Waals surface area contributed by atoms with E-state index in [2.05, 4.69) is 42.5 Å². The van der Waals surface area contributed by atoms with Gasteiger partial charge in [-0.2, -0.15) is 0 Å². The van der Waals surface area contributed by atoms with Gasteiger partial charge in [0.15, 0.2) is 0 Å². The van der Waals surface area contributed by atoms with Gasteiger partial charge in [0.2, 0.25) is 35.2 Å². The molecule has 2 aromatic carbocycles. The number of anilines is 2. The predicted octanol–water partition coefficient (Wildman–Crippen LogP) is -0.290. The second kappa shape index (κ2) is 21.2. The Labute approximate surface area is 357 Å². The van der Waals surface area contributed by atoms with Crippen molar-refractivity contribution in [2.75, 3.05) is 50.0 Å². The Hall–Kier alpha value is -6.68. The van der Waals surface area contributed by atoms with Gasteiger partial charge in [-0.15, -0.1) is 0 Å². The van der Waals surface area contributed by atoms with Gasteiger partial charge >= 0.3 is 12.2 Å². The third kappa shape index (κ3) is 13.7. The Morgan fingerprint density at radius 2 is 0.871 bits per heavy atom. The number of benzene rings is 2. The van der Waals surface area contributed by atoms with Crippen LogP contribution in [0.3, 0.4) is 0 Å². The van der Waals surface area contributed by atoms with E-state index in [1.807, 2.05) is 0 Å². The van der Waals surface area contributed by atoms with Crippen LogP contribution in [-0.4, -0.2) is 143 Å². The van der Waals surface area contributed by atoms with Gasteiger partial charge in [0.25, 0.3) is 0 Å². The molecule has 1 aliphatic rings. The fourth-order valence-corrected chi connectivity index (χ4v) is 5.78. The van der Waals surface area contributed by atoms with Crippen LogP contribution < -0.4 is 42.5 Å². The summed E-state index contributed by atoms with van der Waals surface area (Å²) < 4.78 is 10.2. The molecule has 0 heterocycles. The fraction of sp³-hybridized carbons (Fsp3) is 0.500. The number of ketones is 2. The number of ether oxygens (including phenoxy) is 2. The van der Waals surface area contributed by atoms with Crippen LogP contribution in [0.5, 0.6) is 11.5 Å². The SMILES string of the molecule is C[C@H](NC(=O)[C@H](CO)NC(=O)OC(C)(C)C)C(=O)NCCNc1ccc(NCCNC(=O)[C@H](C)NC(=O)[C@H](CO)NC(=O)OC(C)(C)C)c2c1C(=O)c1c(O)ccc(O)c1C2=O. The van der Waals surface area contributed by atoms with Gasteiger partial charge in [-0.3, -0.25) is 28.8 Å². The lowest BCUT2D eigenvalue weighted by Crippen LogP contribution is -2.54. The molecule has 0 spiro atoms. The highest BCUT2D eigenvalue weighted by Gasteiger charge is 2.38. The van der Waals surface area contributed by atoms with Crippen LogP contribution in [0.2, 0.25) is 0 Å². The topological polar surface area (TPSA) is 332 Å². The molecule has 0 fully saturated rings. The summed E-state index contributed by atoms with van der Waals surface area (Å²) in [7, 11) is 0. The van der Waals surface area contributed by atoms with Crippen LogP contribution in [0.4, 0.5) is 21.0 Å². The van der Waals surface area contributed by atoms with E-state index in [1.54, 1.807) is 41.5 Å². The Bertz CT molecular complexity index is 1900. The van der Waals surface area contributed by atoms with Gasteiger partial charge in [0.1, 0.15) is 46.9 Å². The van der Waals surface area contributed by atoms with E-state index in [0.717, 1.165) is 12.1 Å². The average molecular weight is 873 g/mol. The maximum absolute atomic E-state index is 13.9. The van der Waals surface area contributed by atoms with Crippen LogP contribution in [0.1, 0.15) is 87.2 Å². The summed E-state index contributed by atoms with van der Waals surface area (Å²) in [5.74, 6) is -5.65. The molecule has 2 aromatic rings. The number of hydrogen-bond acceptors (Lipinski definition) is 16. The van der Waals surface area contributed by atoms with Gasteiger partial charge in [-0.25, -0.2) is 9.59 Å². The minimum absolute atomic E-state index is 0.0116. The van der Waals surface area contributed by atoms with Crippen molar-refractivity contribution < 1.29 is 68.3 Å². The summed E-state index contributed by atoms with van der Waals surface area (Å²) in [6.45, 7) is 10.8. The Morgan fingerprint density at radius 3 is 1.18 bits per heavy atom. The van der Waals surface area contributed by atoms with Crippen LogP contribution >= 0.6 is 0 Å². The van der Waals surface area contributed by atoms with Gasteiger partial charge in [-0.1, -0.05) is 0 Å². The molecule has 22 heteroatoms. The largest absolute Gasteiger partial charge is 0.507 e. The number of alkyl carbamates (subject to hydrolysis) is 2. The van der Waals surface area contributed by atoms with Gasteiger partial charge in [0, 0.05) is 37.6 Å². The maximum Gasteiger partial charge on any atom is 0.408 e. The number of hydrogen-bond donors (Lipinski definition) is 12. The van der Waals surface area contributed by atoms with Crippen LogP contribution in [0.15, 0.2) is 24.3 Å². The van der Waals surface area contributed by atoms with Crippen molar-refractivity contribution in [3.63, 3.8) is 0 Å². The molecule has 3 rings (SSSR count). The first-order chi connectivity index (χ1) is 28.9. The molecular formula is C40H56N8O14. The van der Waals surface area contributed by atoms with Crippen molar-refractivity contribution in [2.24, 2.45) is 0 Å². The minimum Gasteiger partial charge on any atom is -0.507 e. The Balaban J connectivity index is 1.67. The van der Waals surface area contributed by atoms with E-state index in [-0.39, 0.29) is 48.7 Å². The van der Waals surface area contributed by atoms with Gasteiger partial charge in [0.05, 0.1) is 35.5 Å². The molecule has 0 bridgehead atoms. The predicted molar refractivity (Wildman–Crippen MR) is 222 cm³/mol. The lowest BCUT2D eigenvalue weighted by atomic mass is 9.81. The fourth-order valence-electron chi connectivity index (χ4n) is 5.78. The number of amides is 6. The Morgan fingerprint density at radius 1 is 0.532 bits per heavy atom. The van der Waals surface area contributed by atoms with Crippen LogP contribution in [0.25, 0.3) is 0 Å². The molecule has 0 radical (unpaired) electrons. The molecule has 0 saturated heterocycles. The molecule has 1 aliphatic carbocycles. The minimum atomic E-state index is -1.40. The van der Waals surface area contributed by atoms with E-state index in [0.29, 0.717) is 0 Å². The van der Waals surface area contributed by atoms with Crippen molar-refractivity contribution in [1.82, 2.24) is 31.9 Å². The second-order valence-electron chi connectivity index (χ2n) is 16.1. The number of carbonyl (C=O) groups is 8. The third-order valence-corrected chi connectivity index (χ3v) is 8.64. The summed E-state index contributed by atoms with van der Waals surface area (Å²) in [5.41, 5.74) is -2.62. The molecule has 62 heavy (non-hydrogen) atoms. The Kier molecular flexibility index (Phi) is 17.0. The second-order valence-corrected chi connectivity index (χ2v) is 16.1. The molecule has 4 atom stereocenters. The molecule has 12 N–H and O–H groups in total. The van der Waals surface area contributed by atoms with Gasteiger partial charge < -0.3 is 72.4 Å². The molecule has 0 unspecified atom stereocenters. The highest BCUT2D eigenvalue weighted by molar-refractivity contribution is 6.33. The van der Waals surface area contributed by atoms with Crippen molar-refractivity contribution >= 4 is 58.8 Å². The molecule has 0 aliphatic heterocycles. The normalized spacial score (nSPS) is 14.0. The molecule has 0 aromatic heterocycles. The first kappa shape index (κ1) is 49.7. The number of phenols is 2. The number of phenolic OH excluding ortho intramolecular Hbond substituents is 2. The number of aromatic hydroxyl groups is 2. The number of aliphatic hydroxyl groups excluding tert-OH is 2. The zero-order chi connectivity index (χ0) is 46.7. The van der Waals surface area contributed by atoms with Crippen LogP contribution in [-0.2, 0) is 28.7 Å². The number of rotatable bonds is 18. The highest BCUT2D eigenvalue weighted by Crippen LogP contribution is 2.42. The zero-order valence-electron chi connectivity index (χ0n) is 35.7. The van der Waals surface area contributed by atoms with E-state index >= 15 is 0 Å². The molecule has 22 nitrogen and oxygen atoms in total. The zero-order valence-corrected chi connectivity index (χ0v) is 35.7. The lowest BCUT2D eigenvalue weighted by molar-refractivity contribution is -0.130. The van der Waals surface area contributed by atoms with E-state index in [4.69, 9.17) is 9.47 Å². The monoisotopic (exact) mass is 872 g/mol. The van der Waals surface area contributed by atoms with Gasteiger partial charge in [-0.05, 0) is 79.7 Å². The van der Waals surface area contributed by atoms with Crippen molar-refractivity contribution in [3.05, 3.63) is 46.5 Å². The number of fused-ring (bicyclic) bond motifs is 2. The quantitative estimate of drug-likeness (QED) is 0.0577. The van der Waals surface area contributed by atoms with E-state index in [9.17, 15) is 58.8 Å². The molecule has 340 valence electrons. The molecular weight excluding hydrogens is 816 g/mol. The highest BCUT2D eigenvalue weighted by atomic mass is 16.6. The van der Waals surface area contributed by atoms with Crippen LogP contribution in [0, 0.1) is 0 Å². The maximum atomic E-state index is 13.9. The number of nitrogens with one attached hydrogen (secondary N) is 8. The summed E-state index contributed by atoms with van der Waals surface area (Å²) in [6.07, 6.45) is -1.89. The number of aliphatic hydroxyl groups is 2.